The van der Waals surface area contributed by atoms with Crippen molar-refractivity contribution in [2.24, 2.45) is 5.92 Å². The van der Waals surface area contributed by atoms with E-state index < -0.39 is 28.2 Å². The van der Waals surface area contributed by atoms with E-state index in [-0.39, 0.29) is 36.4 Å². The highest BCUT2D eigenvalue weighted by Crippen LogP contribution is 2.36. The molecule has 1 aromatic heterocycles. The summed E-state index contributed by atoms with van der Waals surface area (Å²) in [6.07, 6.45) is 2.35. The van der Waals surface area contributed by atoms with E-state index in [1.165, 1.54) is 0 Å². The fourth-order valence-electron chi connectivity index (χ4n) is 3.20. The molecule has 0 radical (unpaired) electrons. The normalized spacial score (nSPS) is 16.4. The van der Waals surface area contributed by atoms with E-state index >= 15 is 0 Å². The number of piperidine rings is 1. The first-order valence-corrected chi connectivity index (χ1v) is 9.03. The number of hydrogen-bond donors (Lipinski definition) is 1. The van der Waals surface area contributed by atoms with E-state index in [4.69, 9.17) is 4.74 Å². The lowest BCUT2D eigenvalue weighted by atomic mass is 9.98. The third-order valence-electron chi connectivity index (χ3n) is 4.51. The predicted molar refractivity (Wildman–Crippen MR) is 99.9 cm³/mol. The van der Waals surface area contributed by atoms with Crippen molar-refractivity contribution in [2.45, 2.75) is 19.8 Å². The van der Waals surface area contributed by atoms with Crippen LogP contribution < -0.4 is 10.2 Å². The van der Waals surface area contributed by atoms with Crippen LogP contribution in [-0.2, 0) is 9.53 Å². The molecule has 3 rings (SSSR count). The number of anilines is 3. The van der Waals surface area contributed by atoms with Crippen molar-refractivity contribution in [1.29, 1.82) is 0 Å². The summed E-state index contributed by atoms with van der Waals surface area (Å²) in [4.78, 5) is 32.6. The second kappa shape index (κ2) is 8.76. The monoisotopic (exact) mass is 407 g/mol. The molecule has 0 aliphatic carbocycles. The molecule has 0 spiro atoms. The fraction of sp³-hybridized carbons (Fsp3) is 0.389. The van der Waals surface area contributed by atoms with E-state index in [1.807, 2.05) is 0 Å². The van der Waals surface area contributed by atoms with Crippen molar-refractivity contribution in [3.63, 3.8) is 0 Å². The van der Waals surface area contributed by atoms with Gasteiger partial charge in [0.2, 0.25) is 11.6 Å². The average Bonchev–Trinajstić information content (AvgIpc) is 2.70. The zero-order valence-electron chi connectivity index (χ0n) is 15.6. The van der Waals surface area contributed by atoms with Crippen molar-refractivity contribution in [3.05, 3.63) is 46.3 Å². The van der Waals surface area contributed by atoms with Gasteiger partial charge in [-0.25, -0.2) is 18.7 Å². The Morgan fingerprint density at radius 3 is 2.90 bits per heavy atom. The van der Waals surface area contributed by atoms with Gasteiger partial charge in [0, 0.05) is 19.2 Å². The molecule has 1 atom stereocenters. The maximum absolute atomic E-state index is 14.0. The smallest absolute Gasteiger partial charge is 0.353 e. The molecule has 154 valence electrons. The SMILES string of the molecule is CCOC(=O)C1CCCN(c2ncnc(Nc3ccc(F)cc3F)c2[N+](=O)[O-])C1. The van der Waals surface area contributed by atoms with Crippen LogP contribution in [0.2, 0.25) is 0 Å². The van der Waals surface area contributed by atoms with Gasteiger partial charge in [0.05, 0.1) is 23.1 Å². The lowest BCUT2D eigenvalue weighted by Crippen LogP contribution is -2.40. The standard InChI is InChI=1S/C18H19F2N5O4/c1-2-29-18(26)11-4-3-7-24(9-11)17-15(25(27)28)16(21-10-22-17)23-14-6-5-12(19)8-13(14)20/h5-6,8,10-11H,2-4,7,9H2,1H3,(H,21,22,23). The summed E-state index contributed by atoms with van der Waals surface area (Å²) in [5.74, 6) is -2.69. The maximum Gasteiger partial charge on any atom is 0.353 e. The Balaban J connectivity index is 1.92. The number of hydrogen-bond acceptors (Lipinski definition) is 8. The number of carbonyl (C=O) groups is 1. The second-order valence-corrected chi connectivity index (χ2v) is 6.44. The van der Waals surface area contributed by atoms with Crippen LogP contribution in [0.15, 0.2) is 24.5 Å². The molecule has 1 N–H and O–H groups in total. The molecule has 0 saturated carbocycles. The van der Waals surface area contributed by atoms with Crippen molar-refractivity contribution in [3.8, 4) is 0 Å². The highest BCUT2D eigenvalue weighted by Gasteiger charge is 2.33. The number of halogens is 2. The molecular formula is C18H19F2N5O4. The van der Waals surface area contributed by atoms with Gasteiger partial charge in [-0.15, -0.1) is 0 Å². The lowest BCUT2D eigenvalue weighted by Gasteiger charge is -2.32. The number of ether oxygens (including phenoxy) is 1. The van der Waals surface area contributed by atoms with Gasteiger partial charge in [0.25, 0.3) is 0 Å². The first-order valence-electron chi connectivity index (χ1n) is 9.03. The molecule has 9 nitrogen and oxygen atoms in total. The molecule has 29 heavy (non-hydrogen) atoms. The van der Waals surface area contributed by atoms with E-state index in [2.05, 4.69) is 15.3 Å². The van der Waals surface area contributed by atoms with Gasteiger partial charge in [0.1, 0.15) is 18.0 Å². The van der Waals surface area contributed by atoms with Gasteiger partial charge >= 0.3 is 11.7 Å². The third kappa shape index (κ3) is 4.55. The van der Waals surface area contributed by atoms with Gasteiger partial charge in [-0.05, 0) is 31.9 Å². The van der Waals surface area contributed by atoms with Crippen LogP contribution >= 0.6 is 0 Å². The Kier molecular flexibility index (Phi) is 6.15. The van der Waals surface area contributed by atoms with Gasteiger partial charge in [-0.2, -0.15) is 0 Å². The lowest BCUT2D eigenvalue weighted by molar-refractivity contribution is -0.383. The number of nitrogens with zero attached hydrogens (tertiary/aromatic N) is 4. The Morgan fingerprint density at radius 2 is 2.21 bits per heavy atom. The van der Waals surface area contributed by atoms with Crippen molar-refractivity contribution < 1.29 is 23.2 Å². The van der Waals surface area contributed by atoms with Crippen LogP contribution in [0.1, 0.15) is 19.8 Å². The van der Waals surface area contributed by atoms with E-state index in [0.717, 1.165) is 18.5 Å². The Morgan fingerprint density at radius 1 is 1.41 bits per heavy atom. The zero-order chi connectivity index (χ0) is 21.0. The number of rotatable bonds is 6. The molecule has 1 saturated heterocycles. The first-order chi connectivity index (χ1) is 13.9. The van der Waals surface area contributed by atoms with Gasteiger partial charge in [0.15, 0.2) is 0 Å². The van der Waals surface area contributed by atoms with Crippen LogP contribution in [0.5, 0.6) is 0 Å². The summed E-state index contributed by atoms with van der Waals surface area (Å²) in [7, 11) is 0. The Hall–Kier alpha value is -3.37. The van der Waals surface area contributed by atoms with Gasteiger partial charge in [-0.1, -0.05) is 0 Å². The fourth-order valence-corrected chi connectivity index (χ4v) is 3.20. The minimum Gasteiger partial charge on any atom is -0.466 e. The van der Waals surface area contributed by atoms with Gasteiger partial charge in [-0.3, -0.25) is 14.9 Å². The average molecular weight is 407 g/mol. The van der Waals surface area contributed by atoms with Crippen molar-refractivity contribution in [2.75, 3.05) is 29.9 Å². The minimum atomic E-state index is -0.917. The number of nitro groups is 1. The van der Waals surface area contributed by atoms with Gasteiger partial charge < -0.3 is 15.0 Å². The Labute approximate surface area is 164 Å². The summed E-state index contributed by atoms with van der Waals surface area (Å²) in [6.45, 7) is 2.62. The summed E-state index contributed by atoms with van der Waals surface area (Å²) in [6, 6.07) is 2.80. The summed E-state index contributed by atoms with van der Waals surface area (Å²) >= 11 is 0. The molecule has 1 aliphatic heterocycles. The molecule has 2 heterocycles. The number of benzene rings is 1. The quantitative estimate of drug-likeness (QED) is 0.442. The van der Waals surface area contributed by atoms with Crippen molar-refractivity contribution in [1.82, 2.24) is 9.97 Å². The number of nitrogens with one attached hydrogen (secondary N) is 1. The van der Waals surface area contributed by atoms with Crippen molar-refractivity contribution >= 4 is 29.0 Å². The van der Waals surface area contributed by atoms with Crippen LogP contribution in [0.4, 0.5) is 31.8 Å². The predicted octanol–water partition coefficient (Wildman–Crippen LogP) is 3.19. The highest BCUT2D eigenvalue weighted by molar-refractivity contribution is 5.77. The molecule has 1 aliphatic rings. The minimum absolute atomic E-state index is 0.0176. The summed E-state index contributed by atoms with van der Waals surface area (Å²) in [5, 5.41) is 14.3. The number of carbonyl (C=O) groups excluding carboxylic acids is 1. The third-order valence-corrected chi connectivity index (χ3v) is 4.51. The molecule has 1 aromatic carbocycles. The topological polar surface area (TPSA) is 110 Å². The van der Waals surface area contributed by atoms with E-state index in [9.17, 15) is 23.7 Å². The molecule has 1 unspecified atom stereocenters. The van der Waals surface area contributed by atoms with E-state index in [0.29, 0.717) is 25.5 Å². The number of esters is 1. The number of aromatic nitrogens is 2. The Bertz CT molecular complexity index is 927. The molecule has 2 aromatic rings. The largest absolute Gasteiger partial charge is 0.466 e. The summed E-state index contributed by atoms with van der Waals surface area (Å²) in [5.41, 5.74) is -0.622. The molecular weight excluding hydrogens is 388 g/mol. The van der Waals surface area contributed by atoms with Crippen LogP contribution in [0.3, 0.4) is 0 Å². The summed E-state index contributed by atoms with van der Waals surface area (Å²) < 4.78 is 32.1. The van der Waals surface area contributed by atoms with E-state index in [1.54, 1.807) is 11.8 Å². The van der Waals surface area contributed by atoms with Crippen LogP contribution in [0, 0.1) is 27.7 Å². The molecule has 1 fully saturated rings. The second-order valence-electron chi connectivity index (χ2n) is 6.44. The zero-order valence-corrected chi connectivity index (χ0v) is 15.6. The first kappa shape index (κ1) is 20.4. The molecule has 0 bridgehead atoms. The van der Waals surface area contributed by atoms with Crippen LogP contribution in [-0.4, -0.2) is 40.6 Å². The molecule has 0 amide bonds. The molecule has 11 heteroatoms. The highest BCUT2D eigenvalue weighted by atomic mass is 19.1. The van der Waals surface area contributed by atoms with Crippen LogP contribution in [0.25, 0.3) is 0 Å². The maximum atomic E-state index is 14.0.